The lowest BCUT2D eigenvalue weighted by Gasteiger charge is -2.35. The van der Waals surface area contributed by atoms with Crippen molar-refractivity contribution in [3.8, 4) is 0 Å². The van der Waals surface area contributed by atoms with Gasteiger partial charge in [0.25, 0.3) is 0 Å². The zero-order valence-corrected chi connectivity index (χ0v) is 8.66. The molecule has 1 aromatic rings. The molecule has 1 fully saturated rings. The first-order valence-corrected chi connectivity index (χ1v) is 5.58. The van der Waals surface area contributed by atoms with Gasteiger partial charge in [-0.3, -0.25) is 4.68 Å². The van der Waals surface area contributed by atoms with Gasteiger partial charge in [0, 0.05) is 19.3 Å². The Morgan fingerprint density at radius 3 is 3.36 bits per heavy atom. The minimum Gasteiger partial charge on any atom is -0.313 e. The number of aryl methyl sites for hydroxylation is 1. The highest BCUT2D eigenvalue weighted by Gasteiger charge is 2.31. The molecular weight excluding hydrogens is 174 g/mol. The van der Waals surface area contributed by atoms with Crippen LogP contribution in [0.5, 0.6) is 0 Å². The summed E-state index contributed by atoms with van der Waals surface area (Å²) in [7, 11) is 2.02. The predicted octanol–water partition coefficient (Wildman–Crippen LogP) is 0.887. The summed E-state index contributed by atoms with van der Waals surface area (Å²) < 4.78 is 1.96. The first-order chi connectivity index (χ1) is 6.83. The Kier molecular flexibility index (Phi) is 1.87. The van der Waals surface area contributed by atoms with Crippen LogP contribution < -0.4 is 5.32 Å². The molecule has 3 nitrogen and oxygen atoms in total. The molecule has 76 valence electrons. The van der Waals surface area contributed by atoms with E-state index in [9.17, 15) is 0 Å². The summed E-state index contributed by atoms with van der Waals surface area (Å²) in [4.78, 5) is 0. The highest BCUT2D eigenvalue weighted by molar-refractivity contribution is 5.23. The molecule has 2 heterocycles. The molecule has 0 unspecified atom stereocenters. The van der Waals surface area contributed by atoms with E-state index in [4.69, 9.17) is 0 Å². The Morgan fingerprint density at radius 2 is 2.43 bits per heavy atom. The molecule has 1 aromatic heterocycles. The van der Waals surface area contributed by atoms with Gasteiger partial charge in [-0.05, 0) is 43.7 Å². The summed E-state index contributed by atoms with van der Waals surface area (Å²) >= 11 is 0. The first kappa shape index (κ1) is 8.48. The van der Waals surface area contributed by atoms with Crippen molar-refractivity contribution in [1.29, 1.82) is 0 Å². The number of piperidine rings is 1. The zero-order chi connectivity index (χ0) is 9.54. The van der Waals surface area contributed by atoms with E-state index in [1.807, 2.05) is 11.7 Å². The van der Waals surface area contributed by atoms with Gasteiger partial charge in [0.1, 0.15) is 0 Å². The Hall–Kier alpha value is -0.830. The van der Waals surface area contributed by atoms with E-state index in [0.29, 0.717) is 0 Å². The van der Waals surface area contributed by atoms with E-state index >= 15 is 0 Å². The summed E-state index contributed by atoms with van der Waals surface area (Å²) in [6.07, 6.45) is 7.28. The number of nitrogens with one attached hydrogen (secondary N) is 1. The van der Waals surface area contributed by atoms with Gasteiger partial charge in [0.15, 0.2) is 0 Å². The summed E-state index contributed by atoms with van der Waals surface area (Å²) in [6.45, 7) is 1.21. The third-order valence-electron chi connectivity index (χ3n) is 3.61. The number of hydrogen-bond acceptors (Lipinski definition) is 2. The van der Waals surface area contributed by atoms with Crippen LogP contribution in [0.15, 0.2) is 6.20 Å². The third kappa shape index (κ3) is 1.27. The van der Waals surface area contributed by atoms with E-state index in [-0.39, 0.29) is 0 Å². The molecule has 1 N–H and O–H groups in total. The van der Waals surface area contributed by atoms with Crippen molar-refractivity contribution in [2.45, 2.75) is 31.7 Å². The second-order valence-corrected chi connectivity index (χ2v) is 4.65. The SMILES string of the molecule is Cn1cc2c(n1)C[C@H]1CCCN[C@@H]1C2. The first-order valence-electron chi connectivity index (χ1n) is 5.58. The van der Waals surface area contributed by atoms with Crippen LogP contribution in [-0.4, -0.2) is 22.4 Å². The smallest absolute Gasteiger partial charge is 0.0660 e. The van der Waals surface area contributed by atoms with Crippen LogP contribution in [-0.2, 0) is 19.9 Å². The summed E-state index contributed by atoms with van der Waals surface area (Å²) in [6, 6.07) is 0.723. The molecule has 2 aliphatic rings. The minimum atomic E-state index is 0.723. The van der Waals surface area contributed by atoms with E-state index in [0.717, 1.165) is 12.0 Å². The highest BCUT2D eigenvalue weighted by Crippen LogP contribution is 2.29. The average Bonchev–Trinajstić information content (AvgIpc) is 2.53. The third-order valence-corrected chi connectivity index (χ3v) is 3.61. The maximum absolute atomic E-state index is 4.53. The largest absolute Gasteiger partial charge is 0.313 e. The van der Waals surface area contributed by atoms with Crippen molar-refractivity contribution in [1.82, 2.24) is 15.1 Å². The normalized spacial score (nSPS) is 30.9. The number of nitrogens with zero attached hydrogens (tertiary/aromatic N) is 2. The zero-order valence-electron chi connectivity index (χ0n) is 8.66. The maximum atomic E-state index is 4.53. The molecule has 1 aliphatic heterocycles. The van der Waals surface area contributed by atoms with Crippen LogP contribution in [0, 0.1) is 5.92 Å². The van der Waals surface area contributed by atoms with Crippen molar-refractivity contribution in [2.75, 3.05) is 6.54 Å². The lowest BCUT2D eigenvalue weighted by molar-refractivity contribution is 0.261. The quantitative estimate of drug-likeness (QED) is 0.660. The van der Waals surface area contributed by atoms with E-state index in [1.54, 1.807) is 0 Å². The monoisotopic (exact) mass is 191 g/mol. The van der Waals surface area contributed by atoms with Gasteiger partial charge >= 0.3 is 0 Å². The van der Waals surface area contributed by atoms with Gasteiger partial charge in [0.2, 0.25) is 0 Å². The van der Waals surface area contributed by atoms with Crippen molar-refractivity contribution in [2.24, 2.45) is 13.0 Å². The topological polar surface area (TPSA) is 29.9 Å². The molecule has 0 saturated carbocycles. The Morgan fingerprint density at radius 1 is 1.50 bits per heavy atom. The van der Waals surface area contributed by atoms with Gasteiger partial charge < -0.3 is 5.32 Å². The Balaban J connectivity index is 1.90. The van der Waals surface area contributed by atoms with Gasteiger partial charge in [-0.2, -0.15) is 5.10 Å². The van der Waals surface area contributed by atoms with E-state index in [2.05, 4.69) is 16.6 Å². The molecule has 0 radical (unpaired) electrons. The van der Waals surface area contributed by atoms with Gasteiger partial charge in [-0.15, -0.1) is 0 Å². The van der Waals surface area contributed by atoms with Crippen LogP contribution in [0.1, 0.15) is 24.1 Å². The Bertz CT molecular complexity index is 311. The fourth-order valence-corrected chi connectivity index (χ4v) is 2.91. The molecule has 0 aromatic carbocycles. The molecule has 3 heteroatoms. The van der Waals surface area contributed by atoms with Gasteiger partial charge in [0.05, 0.1) is 5.69 Å². The van der Waals surface area contributed by atoms with E-state index in [1.165, 1.54) is 43.5 Å². The van der Waals surface area contributed by atoms with Crippen molar-refractivity contribution in [3.63, 3.8) is 0 Å². The van der Waals surface area contributed by atoms with Crippen LogP contribution in [0.2, 0.25) is 0 Å². The summed E-state index contributed by atoms with van der Waals surface area (Å²) in [5.74, 6) is 0.839. The van der Waals surface area contributed by atoms with Gasteiger partial charge in [-0.25, -0.2) is 0 Å². The number of hydrogen-bond donors (Lipinski definition) is 1. The number of fused-ring (bicyclic) bond motifs is 2. The second-order valence-electron chi connectivity index (χ2n) is 4.65. The fraction of sp³-hybridized carbons (Fsp3) is 0.727. The molecule has 0 amide bonds. The van der Waals surface area contributed by atoms with Crippen LogP contribution in [0.25, 0.3) is 0 Å². The summed E-state index contributed by atoms with van der Waals surface area (Å²) in [5, 5.41) is 8.17. The predicted molar refractivity (Wildman–Crippen MR) is 55.1 cm³/mol. The van der Waals surface area contributed by atoms with Gasteiger partial charge in [-0.1, -0.05) is 0 Å². The molecule has 3 rings (SSSR count). The standard InChI is InChI=1S/C11H17N3/c1-14-7-9-6-10-8(3-2-4-12-10)5-11(9)13-14/h7-8,10,12H,2-6H2,1H3/t8-,10-/m1/s1. The number of aromatic nitrogens is 2. The lowest BCUT2D eigenvalue weighted by Crippen LogP contribution is -2.45. The molecule has 2 atom stereocenters. The Labute approximate surface area is 84.5 Å². The summed E-state index contributed by atoms with van der Waals surface area (Å²) in [5.41, 5.74) is 2.81. The minimum absolute atomic E-state index is 0.723. The maximum Gasteiger partial charge on any atom is 0.0660 e. The molecular formula is C11H17N3. The van der Waals surface area contributed by atoms with E-state index < -0.39 is 0 Å². The van der Waals surface area contributed by atoms with Crippen LogP contribution in [0.4, 0.5) is 0 Å². The second kappa shape index (κ2) is 3.09. The average molecular weight is 191 g/mol. The fourth-order valence-electron chi connectivity index (χ4n) is 2.91. The molecule has 14 heavy (non-hydrogen) atoms. The molecule has 0 bridgehead atoms. The van der Waals surface area contributed by atoms with Crippen LogP contribution >= 0.6 is 0 Å². The highest BCUT2D eigenvalue weighted by atomic mass is 15.3. The van der Waals surface area contributed by atoms with Crippen LogP contribution in [0.3, 0.4) is 0 Å². The van der Waals surface area contributed by atoms with Crippen molar-refractivity contribution in [3.05, 3.63) is 17.5 Å². The van der Waals surface area contributed by atoms with Crippen molar-refractivity contribution >= 4 is 0 Å². The molecule has 1 saturated heterocycles. The lowest BCUT2D eigenvalue weighted by atomic mass is 9.79. The number of rotatable bonds is 0. The van der Waals surface area contributed by atoms with Crippen molar-refractivity contribution < 1.29 is 0 Å². The molecule has 1 aliphatic carbocycles. The molecule has 0 spiro atoms.